The van der Waals surface area contributed by atoms with Crippen molar-refractivity contribution in [1.82, 2.24) is 5.32 Å². The quantitative estimate of drug-likeness (QED) is 0.794. The lowest BCUT2D eigenvalue weighted by Gasteiger charge is -2.40. The molecule has 0 amide bonds. The van der Waals surface area contributed by atoms with Gasteiger partial charge in [-0.05, 0) is 63.5 Å². The highest BCUT2D eigenvalue weighted by Crippen LogP contribution is 2.36. The highest BCUT2D eigenvalue weighted by Gasteiger charge is 2.33. The SMILES string of the molecule is CNCC1CC(OC2CC(C)CC(C)C2)C1. The predicted molar refractivity (Wildman–Crippen MR) is 67.5 cm³/mol. The van der Waals surface area contributed by atoms with Gasteiger partial charge in [-0.15, -0.1) is 0 Å². The van der Waals surface area contributed by atoms with E-state index in [4.69, 9.17) is 4.74 Å². The van der Waals surface area contributed by atoms with Gasteiger partial charge in [-0.3, -0.25) is 0 Å². The first-order valence-electron chi connectivity index (χ1n) is 6.97. The fourth-order valence-corrected chi connectivity index (χ4v) is 3.50. The molecule has 2 nitrogen and oxygen atoms in total. The minimum atomic E-state index is 0.555. The van der Waals surface area contributed by atoms with Crippen molar-refractivity contribution in [2.24, 2.45) is 17.8 Å². The molecule has 2 atom stereocenters. The predicted octanol–water partition coefficient (Wildman–Crippen LogP) is 2.83. The molecule has 1 N–H and O–H groups in total. The smallest absolute Gasteiger partial charge is 0.0585 e. The molecule has 2 saturated carbocycles. The molecule has 2 aliphatic carbocycles. The van der Waals surface area contributed by atoms with Crippen molar-refractivity contribution in [3.05, 3.63) is 0 Å². The normalized spacial score (nSPS) is 44.1. The molecule has 2 fully saturated rings. The average molecular weight is 225 g/mol. The largest absolute Gasteiger partial charge is 0.375 e. The lowest BCUT2D eigenvalue weighted by Crippen LogP contribution is -2.40. The van der Waals surface area contributed by atoms with Crippen LogP contribution in [0, 0.1) is 17.8 Å². The van der Waals surface area contributed by atoms with Crippen molar-refractivity contribution in [3.8, 4) is 0 Å². The Bertz CT molecular complexity index is 203. The molecular formula is C14H27NO. The molecule has 0 aromatic heterocycles. The first-order chi connectivity index (χ1) is 7.67. The number of ether oxygens (including phenoxy) is 1. The summed E-state index contributed by atoms with van der Waals surface area (Å²) in [6.07, 6.45) is 7.66. The third-order valence-electron chi connectivity index (χ3n) is 4.21. The molecular weight excluding hydrogens is 198 g/mol. The van der Waals surface area contributed by atoms with Gasteiger partial charge in [0.1, 0.15) is 0 Å². The van der Waals surface area contributed by atoms with E-state index in [0.717, 1.165) is 24.3 Å². The monoisotopic (exact) mass is 225 g/mol. The van der Waals surface area contributed by atoms with Crippen LogP contribution < -0.4 is 5.32 Å². The Morgan fingerprint density at radius 2 is 1.50 bits per heavy atom. The zero-order valence-electron chi connectivity index (χ0n) is 11.0. The topological polar surface area (TPSA) is 21.3 Å². The van der Waals surface area contributed by atoms with E-state index < -0.39 is 0 Å². The Morgan fingerprint density at radius 3 is 2.06 bits per heavy atom. The van der Waals surface area contributed by atoms with Crippen molar-refractivity contribution >= 4 is 0 Å². The van der Waals surface area contributed by atoms with Crippen molar-refractivity contribution in [1.29, 1.82) is 0 Å². The molecule has 2 rings (SSSR count). The van der Waals surface area contributed by atoms with E-state index in [2.05, 4.69) is 19.2 Å². The zero-order valence-corrected chi connectivity index (χ0v) is 11.0. The van der Waals surface area contributed by atoms with E-state index in [1.807, 2.05) is 7.05 Å². The van der Waals surface area contributed by atoms with E-state index in [-0.39, 0.29) is 0 Å². The molecule has 0 aromatic carbocycles. The van der Waals surface area contributed by atoms with Crippen LogP contribution >= 0.6 is 0 Å². The van der Waals surface area contributed by atoms with Gasteiger partial charge < -0.3 is 10.1 Å². The molecule has 94 valence electrons. The van der Waals surface area contributed by atoms with Crippen LogP contribution in [0.3, 0.4) is 0 Å². The van der Waals surface area contributed by atoms with Gasteiger partial charge in [0.2, 0.25) is 0 Å². The van der Waals surface area contributed by atoms with Gasteiger partial charge in [-0.25, -0.2) is 0 Å². The average Bonchev–Trinajstić information content (AvgIpc) is 2.13. The molecule has 0 radical (unpaired) electrons. The van der Waals surface area contributed by atoms with Crippen LogP contribution in [0.5, 0.6) is 0 Å². The third kappa shape index (κ3) is 3.21. The highest BCUT2D eigenvalue weighted by molar-refractivity contribution is 4.84. The summed E-state index contributed by atoms with van der Waals surface area (Å²) in [4.78, 5) is 0. The summed E-state index contributed by atoms with van der Waals surface area (Å²) >= 11 is 0. The molecule has 16 heavy (non-hydrogen) atoms. The summed E-state index contributed by atoms with van der Waals surface area (Å²) < 4.78 is 6.22. The minimum Gasteiger partial charge on any atom is -0.375 e. The molecule has 0 aromatic rings. The standard InChI is InChI=1S/C14H27NO/c1-10-4-11(2)6-13(5-10)16-14-7-12(8-14)9-15-3/h10-15H,4-9H2,1-3H3. The maximum Gasteiger partial charge on any atom is 0.0585 e. The number of nitrogens with one attached hydrogen (secondary N) is 1. The van der Waals surface area contributed by atoms with Crippen LogP contribution in [-0.2, 0) is 4.74 Å². The molecule has 0 spiro atoms. The van der Waals surface area contributed by atoms with Crippen LogP contribution in [0.4, 0.5) is 0 Å². The minimum absolute atomic E-state index is 0.555. The maximum absolute atomic E-state index is 6.22. The fraction of sp³-hybridized carbons (Fsp3) is 1.00. The van der Waals surface area contributed by atoms with Crippen molar-refractivity contribution in [2.75, 3.05) is 13.6 Å². The summed E-state index contributed by atoms with van der Waals surface area (Å²) in [6.45, 7) is 5.91. The van der Waals surface area contributed by atoms with E-state index in [0.29, 0.717) is 12.2 Å². The second kappa shape index (κ2) is 5.50. The van der Waals surface area contributed by atoms with E-state index in [1.54, 1.807) is 0 Å². The van der Waals surface area contributed by atoms with Crippen molar-refractivity contribution in [3.63, 3.8) is 0 Å². The van der Waals surface area contributed by atoms with E-state index in [1.165, 1.54) is 32.1 Å². The van der Waals surface area contributed by atoms with Crippen molar-refractivity contribution < 1.29 is 4.74 Å². The van der Waals surface area contributed by atoms with E-state index >= 15 is 0 Å². The molecule has 0 bridgehead atoms. The zero-order chi connectivity index (χ0) is 11.5. The Morgan fingerprint density at radius 1 is 0.938 bits per heavy atom. The van der Waals surface area contributed by atoms with E-state index in [9.17, 15) is 0 Å². The van der Waals surface area contributed by atoms with Gasteiger partial charge in [-0.2, -0.15) is 0 Å². The third-order valence-corrected chi connectivity index (χ3v) is 4.21. The first kappa shape index (κ1) is 12.4. The second-order valence-corrected chi connectivity index (χ2v) is 6.19. The lowest BCUT2D eigenvalue weighted by atomic mass is 9.79. The maximum atomic E-state index is 6.22. The van der Waals surface area contributed by atoms with Crippen LogP contribution in [0.2, 0.25) is 0 Å². The summed E-state index contributed by atoms with van der Waals surface area (Å²) in [5.74, 6) is 2.59. The Hall–Kier alpha value is -0.0800. The van der Waals surface area contributed by atoms with Crippen LogP contribution in [0.25, 0.3) is 0 Å². The fourth-order valence-electron chi connectivity index (χ4n) is 3.50. The molecule has 0 saturated heterocycles. The summed E-state index contributed by atoms with van der Waals surface area (Å²) in [5.41, 5.74) is 0. The van der Waals surface area contributed by atoms with Gasteiger partial charge in [0.15, 0.2) is 0 Å². The molecule has 0 aliphatic heterocycles. The molecule has 2 unspecified atom stereocenters. The van der Waals surface area contributed by atoms with Crippen molar-refractivity contribution in [2.45, 2.75) is 58.2 Å². The Balaban J connectivity index is 1.67. The summed E-state index contributed by atoms with van der Waals surface area (Å²) in [6, 6.07) is 0. The second-order valence-electron chi connectivity index (χ2n) is 6.19. The van der Waals surface area contributed by atoms with Gasteiger partial charge in [-0.1, -0.05) is 13.8 Å². The summed E-state index contributed by atoms with van der Waals surface area (Å²) in [5, 5.41) is 3.25. The number of hydrogen-bond donors (Lipinski definition) is 1. The lowest BCUT2D eigenvalue weighted by molar-refractivity contribution is -0.0979. The van der Waals surface area contributed by atoms with Crippen LogP contribution in [-0.4, -0.2) is 25.8 Å². The number of hydrogen-bond acceptors (Lipinski definition) is 2. The van der Waals surface area contributed by atoms with Gasteiger partial charge >= 0.3 is 0 Å². The molecule has 2 aliphatic rings. The van der Waals surface area contributed by atoms with Gasteiger partial charge in [0, 0.05) is 0 Å². The Kier molecular flexibility index (Phi) is 4.26. The Labute approximate surface area is 100 Å². The van der Waals surface area contributed by atoms with Crippen LogP contribution in [0.15, 0.2) is 0 Å². The highest BCUT2D eigenvalue weighted by atomic mass is 16.5. The molecule has 2 heteroatoms. The summed E-state index contributed by atoms with van der Waals surface area (Å²) in [7, 11) is 2.04. The van der Waals surface area contributed by atoms with Gasteiger partial charge in [0.05, 0.1) is 12.2 Å². The first-order valence-corrected chi connectivity index (χ1v) is 6.97. The molecule has 0 heterocycles. The number of rotatable bonds is 4. The van der Waals surface area contributed by atoms with Crippen LogP contribution in [0.1, 0.15) is 46.0 Å². The van der Waals surface area contributed by atoms with Gasteiger partial charge in [0.25, 0.3) is 0 Å².